The average molecular weight is 355 g/mol. The number of carbonyl (C=O) groups is 2. The summed E-state index contributed by atoms with van der Waals surface area (Å²) in [7, 11) is 0. The van der Waals surface area contributed by atoms with Crippen molar-refractivity contribution in [3.8, 4) is 0 Å². The number of carbonyl (C=O) groups excluding carboxylic acids is 2. The fourth-order valence-electron chi connectivity index (χ4n) is 3.32. The van der Waals surface area contributed by atoms with Crippen LogP contribution in [0.15, 0.2) is 84.9 Å². The van der Waals surface area contributed by atoms with E-state index in [0.717, 1.165) is 21.5 Å². The number of primary amides is 1. The van der Waals surface area contributed by atoms with E-state index in [-0.39, 0.29) is 0 Å². The van der Waals surface area contributed by atoms with Crippen molar-refractivity contribution in [2.45, 2.75) is 6.10 Å². The van der Waals surface area contributed by atoms with Crippen LogP contribution in [0, 0.1) is 0 Å². The first kappa shape index (κ1) is 16.8. The molecule has 0 radical (unpaired) electrons. The molecule has 1 atom stereocenters. The second-order valence-corrected chi connectivity index (χ2v) is 6.29. The number of rotatable bonds is 4. The summed E-state index contributed by atoms with van der Waals surface area (Å²) in [6.45, 7) is 0. The van der Waals surface area contributed by atoms with E-state index in [1.165, 1.54) is 0 Å². The minimum absolute atomic E-state index is 0.436. The third-order valence-corrected chi connectivity index (χ3v) is 4.56. The van der Waals surface area contributed by atoms with Gasteiger partial charge in [0, 0.05) is 5.56 Å². The molecule has 0 unspecified atom stereocenters. The second-order valence-electron chi connectivity index (χ2n) is 6.29. The summed E-state index contributed by atoms with van der Waals surface area (Å²) in [6.07, 6.45) is -1.14. The zero-order valence-corrected chi connectivity index (χ0v) is 14.5. The lowest BCUT2D eigenvalue weighted by atomic mass is 9.97. The van der Waals surface area contributed by atoms with Crippen LogP contribution in [0.4, 0.5) is 0 Å². The zero-order valence-electron chi connectivity index (χ0n) is 14.5. The van der Waals surface area contributed by atoms with Crippen molar-refractivity contribution in [2.75, 3.05) is 0 Å². The van der Waals surface area contributed by atoms with Gasteiger partial charge in [-0.15, -0.1) is 0 Å². The van der Waals surface area contributed by atoms with Crippen molar-refractivity contribution in [3.63, 3.8) is 0 Å². The highest BCUT2D eigenvalue weighted by molar-refractivity contribution is 6.16. The van der Waals surface area contributed by atoms with Gasteiger partial charge in [-0.25, -0.2) is 4.79 Å². The fourth-order valence-corrected chi connectivity index (χ4v) is 3.32. The maximum absolute atomic E-state index is 13.1. The van der Waals surface area contributed by atoms with Crippen molar-refractivity contribution in [1.29, 1.82) is 0 Å². The molecular formula is C23H17NO3. The number of hydrogen-bond acceptors (Lipinski definition) is 3. The minimum atomic E-state index is -1.14. The highest BCUT2D eigenvalue weighted by Crippen LogP contribution is 2.30. The average Bonchev–Trinajstić information content (AvgIpc) is 2.70. The number of hydrogen-bond donors (Lipinski definition) is 1. The van der Waals surface area contributed by atoms with Crippen LogP contribution in [0.3, 0.4) is 0 Å². The minimum Gasteiger partial charge on any atom is -0.444 e. The number of benzene rings is 4. The summed E-state index contributed by atoms with van der Waals surface area (Å²) in [4.78, 5) is 25.1. The summed E-state index contributed by atoms with van der Waals surface area (Å²) in [6, 6.07) is 26.0. The van der Waals surface area contributed by atoms with E-state index in [1.54, 1.807) is 24.3 Å². The summed E-state index contributed by atoms with van der Waals surface area (Å²) in [5.41, 5.74) is 6.48. The molecule has 1 amide bonds. The van der Waals surface area contributed by atoms with Gasteiger partial charge in [-0.2, -0.15) is 0 Å². The summed E-state index contributed by atoms with van der Waals surface area (Å²) in [5.74, 6) is -1.28. The molecule has 0 saturated carbocycles. The largest absolute Gasteiger partial charge is 0.444 e. The van der Waals surface area contributed by atoms with E-state index in [9.17, 15) is 9.59 Å². The van der Waals surface area contributed by atoms with E-state index in [4.69, 9.17) is 10.5 Å². The molecule has 0 heterocycles. The molecule has 0 aromatic heterocycles. The summed E-state index contributed by atoms with van der Waals surface area (Å²) in [5, 5.41) is 3.41. The SMILES string of the molecule is NC(=O)[C@@H](OC(=O)c1c2ccccc2cc2ccccc12)c1ccccc1. The molecule has 0 aliphatic rings. The maximum Gasteiger partial charge on any atom is 0.340 e. The van der Waals surface area contributed by atoms with E-state index < -0.39 is 18.0 Å². The Labute approximate surface area is 156 Å². The Morgan fingerprint density at radius 2 is 1.26 bits per heavy atom. The normalized spacial score (nSPS) is 12.0. The quantitative estimate of drug-likeness (QED) is 0.436. The Morgan fingerprint density at radius 3 is 1.81 bits per heavy atom. The lowest BCUT2D eigenvalue weighted by molar-refractivity contribution is -0.127. The molecule has 4 aromatic carbocycles. The predicted molar refractivity (Wildman–Crippen MR) is 105 cm³/mol. The molecule has 0 saturated heterocycles. The number of esters is 1. The van der Waals surface area contributed by atoms with Crippen LogP contribution in [0.2, 0.25) is 0 Å². The van der Waals surface area contributed by atoms with E-state index in [2.05, 4.69) is 0 Å². The van der Waals surface area contributed by atoms with Crippen LogP contribution in [-0.4, -0.2) is 11.9 Å². The van der Waals surface area contributed by atoms with Gasteiger partial charge in [-0.1, -0.05) is 78.9 Å². The smallest absolute Gasteiger partial charge is 0.340 e. The standard InChI is InChI=1S/C23H17NO3/c24-22(25)21(15-8-2-1-3-9-15)27-23(26)20-18-12-6-4-10-16(18)14-17-11-5-7-13-19(17)20/h1-14,21H,(H2,24,25)/t21-/m0/s1. The molecule has 4 rings (SSSR count). The second kappa shape index (κ2) is 6.92. The van der Waals surface area contributed by atoms with Gasteiger partial charge in [0.15, 0.2) is 0 Å². The Kier molecular flexibility index (Phi) is 4.30. The molecular weight excluding hydrogens is 338 g/mol. The first-order valence-corrected chi connectivity index (χ1v) is 8.61. The van der Waals surface area contributed by atoms with Gasteiger partial charge in [-0.3, -0.25) is 4.79 Å². The van der Waals surface area contributed by atoms with E-state index in [0.29, 0.717) is 11.1 Å². The molecule has 4 heteroatoms. The van der Waals surface area contributed by atoms with Crippen molar-refractivity contribution < 1.29 is 14.3 Å². The maximum atomic E-state index is 13.1. The fraction of sp³-hybridized carbons (Fsp3) is 0.0435. The molecule has 27 heavy (non-hydrogen) atoms. The third-order valence-electron chi connectivity index (χ3n) is 4.56. The number of ether oxygens (including phenoxy) is 1. The van der Waals surface area contributed by atoms with E-state index in [1.807, 2.05) is 60.7 Å². The lowest BCUT2D eigenvalue weighted by Crippen LogP contribution is -2.26. The molecule has 4 aromatic rings. The molecule has 0 aliphatic heterocycles. The molecule has 0 fully saturated rings. The topological polar surface area (TPSA) is 69.4 Å². The van der Waals surface area contributed by atoms with Crippen LogP contribution < -0.4 is 5.73 Å². The molecule has 4 nitrogen and oxygen atoms in total. The Bertz CT molecular complexity index is 1100. The van der Waals surface area contributed by atoms with Crippen molar-refractivity contribution in [1.82, 2.24) is 0 Å². The molecule has 0 aliphatic carbocycles. The molecule has 2 N–H and O–H groups in total. The van der Waals surface area contributed by atoms with Gasteiger partial charge >= 0.3 is 5.97 Å². The van der Waals surface area contributed by atoms with Gasteiger partial charge < -0.3 is 10.5 Å². The summed E-state index contributed by atoms with van der Waals surface area (Å²) < 4.78 is 5.59. The van der Waals surface area contributed by atoms with Gasteiger partial charge in [0.2, 0.25) is 6.10 Å². The van der Waals surface area contributed by atoms with Crippen LogP contribution in [0.5, 0.6) is 0 Å². The molecule has 0 spiro atoms. The van der Waals surface area contributed by atoms with Crippen LogP contribution in [0.1, 0.15) is 22.0 Å². The zero-order chi connectivity index (χ0) is 18.8. The lowest BCUT2D eigenvalue weighted by Gasteiger charge is -2.17. The van der Waals surface area contributed by atoms with Crippen molar-refractivity contribution in [2.24, 2.45) is 5.73 Å². The first-order chi connectivity index (χ1) is 13.1. The van der Waals surface area contributed by atoms with Gasteiger partial charge in [0.25, 0.3) is 5.91 Å². The van der Waals surface area contributed by atoms with Crippen LogP contribution in [-0.2, 0) is 9.53 Å². The Balaban J connectivity index is 1.85. The molecule has 0 bridgehead atoms. The number of amides is 1. The Hall–Kier alpha value is -3.66. The van der Waals surface area contributed by atoms with E-state index >= 15 is 0 Å². The molecule has 132 valence electrons. The number of nitrogens with two attached hydrogens (primary N) is 1. The van der Waals surface area contributed by atoms with Crippen LogP contribution in [0.25, 0.3) is 21.5 Å². The van der Waals surface area contributed by atoms with Gasteiger partial charge in [-0.05, 0) is 27.6 Å². The highest BCUT2D eigenvalue weighted by atomic mass is 16.5. The van der Waals surface area contributed by atoms with Crippen molar-refractivity contribution in [3.05, 3.63) is 96.1 Å². The highest BCUT2D eigenvalue weighted by Gasteiger charge is 2.25. The third kappa shape index (κ3) is 3.13. The number of fused-ring (bicyclic) bond motifs is 2. The van der Waals surface area contributed by atoms with Gasteiger partial charge in [0.1, 0.15) is 0 Å². The Morgan fingerprint density at radius 1 is 0.741 bits per heavy atom. The first-order valence-electron chi connectivity index (χ1n) is 8.61. The van der Waals surface area contributed by atoms with Crippen LogP contribution >= 0.6 is 0 Å². The van der Waals surface area contributed by atoms with Crippen molar-refractivity contribution >= 4 is 33.4 Å². The predicted octanol–water partition coefficient (Wildman–Crippen LogP) is 4.38. The monoisotopic (exact) mass is 355 g/mol. The summed E-state index contributed by atoms with van der Waals surface area (Å²) >= 11 is 0. The van der Waals surface area contributed by atoms with Gasteiger partial charge in [0.05, 0.1) is 5.56 Å².